The Morgan fingerprint density at radius 1 is 1.32 bits per heavy atom. The van der Waals surface area contributed by atoms with Gasteiger partial charge < -0.3 is 19.2 Å². The number of ether oxygens (including phenoxy) is 2. The van der Waals surface area contributed by atoms with Crippen LogP contribution < -0.4 is 10.1 Å². The van der Waals surface area contributed by atoms with Gasteiger partial charge in [0.05, 0.1) is 18.9 Å². The molecular formula is C22H22F2N4O3. The predicted octanol–water partition coefficient (Wildman–Crippen LogP) is 4.07. The number of rotatable bonds is 6. The number of anilines is 1. The first kappa shape index (κ1) is 19.9. The van der Waals surface area contributed by atoms with Gasteiger partial charge in [0.2, 0.25) is 0 Å². The molecule has 1 aliphatic carbocycles. The minimum absolute atomic E-state index is 0.0891. The second-order valence-corrected chi connectivity index (χ2v) is 7.84. The van der Waals surface area contributed by atoms with Crippen LogP contribution in [0.1, 0.15) is 47.6 Å². The third-order valence-corrected chi connectivity index (χ3v) is 5.93. The van der Waals surface area contributed by atoms with Crippen molar-refractivity contribution in [1.82, 2.24) is 14.4 Å². The minimum atomic E-state index is -2.75. The fourth-order valence-corrected chi connectivity index (χ4v) is 4.39. The Balaban J connectivity index is 1.44. The van der Waals surface area contributed by atoms with Crippen LogP contribution in [0.2, 0.25) is 0 Å². The van der Waals surface area contributed by atoms with Crippen LogP contribution in [0.15, 0.2) is 36.7 Å². The molecule has 7 nitrogen and oxygen atoms in total. The van der Waals surface area contributed by atoms with E-state index >= 15 is 0 Å². The molecule has 1 amide bonds. The third kappa shape index (κ3) is 3.74. The highest BCUT2D eigenvalue weighted by atomic mass is 19.3. The smallest absolute Gasteiger partial charge is 0.280 e. The quantitative estimate of drug-likeness (QED) is 0.641. The highest BCUT2D eigenvalue weighted by Crippen LogP contribution is 2.57. The number of hydrogen-bond acceptors (Lipinski definition) is 5. The van der Waals surface area contributed by atoms with E-state index in [2.05, 4.69) is 10.3 Å². The summed E-state index contributed by atoms with van der Waals surface area (Å²) in [7, 11) is 0. The van der Waals surface area contributed by atoms with E-state index in [9.17, 15) is 13.6 Å². The highest BCUT2D eigenvalue weighted by molar-refractivity contribution is 6.03. The third-order valence-electron chi connectivity index (χ3n) is 5.93. The van der Waals surface area contributed by atoms with Crippen molar-refractivity contribution >= 4 is 17.2 Å². The fraction of sp³-hybridized carbons (Fsp3) is 0.409. The van der Waals surface area contributed by atoms with Crippen molar-refractivity contribution in [3.05, 3.63) is 53.7 Å². The van der Waals surface area contributed by atoms with Crippen molar-refractivity contribution < 1.29 is 23.0 Å². The number of imidazole rings is 1. The summed E-state index contributed by atoms with van der Waals surface area (Å²) >= 11 is 0. The molecule has 2 fully saturated rings. The lowest BCUT2D eigenvalue weighted by atomic mass is 10.2. The molecule has 1 saturated carbocycles. The van der Waals surface area contributed by atoms with E-state index < -0.39 is 18.0 Å². The fourth-order valence-electron chi connectivity index (χ4n) is 4.39. The first-order chi connectivity index (χ1) is 15.0. The van der Waals surface area contributed by atoms with Crippen LogP contribution in [-0.2, 0) is 4.74 Å². The zero-order chi connectivity index (χ0) is 21.5. The number of carbonyl (C=O) groups is 1. The molecular weight excluding hydrogens is 406 g/mol. The molecule has 3 aromatic rings. The monoisotopic (exact) mass is 428 g/mol. The average molecular weight is 428 g/mol. The Morgan fingerprint density at radius 2 is 2.19 bits per heavy atom. The maximum absolute atomic E-state index is 12.9. The summed E-state index contributed by atoms with van der Waals surface area (Å²) in [6.07, 6.45) is 2.01. The van der Waals surface area contributed by atoms with Gasteiger partial charge in [-0.25, -0.2) is 18.7 Å². The van der Waals surface area contributed by atoms with Crippen LogP contribution in [0.4, 0.5) is 14.5 Å². The van der Waals surface area contributed by atoms with Gasteiger partial charge in [-0.2, -0.15) is 0 Å². The number of nitrogens with zero attached hydrogens (tertiary/aromatic N) is 3. The molecule has 4 heterocycles. The maximum atomic E-state index is 12.9. The molecule has 1 N–H and O–H groups in total. The summed E-state index contributed by atoms with van der Waals surface area (Å²) < 4.78 is 39.0. The van der Waals surface area contributed by atoms with Gasteiger partial charge in [0.15, 0.2) is 0 Å². The lowest BCUT2D eigenvalue weighted by Crippen LogP contribution is -2.16. The molecule has 0 spiro atoms. The van der Waals surface area contributed by atoms with Gasteiger partial charge in [-0.3, -0.25) is 4.79 Å². The summed E-state index contributed by atoms with van der Waals surface area (Å²) in [5.41, 5.74) is 1.62. The molecule has 5 rings (SSSR count). The molecule has 31 heavy (non-hydrogen) atoms. The molecule has 1 saturated heterocycles. The van der Waals surface area contributed by atoms with Gasteiger partial charge in [0, 0.05) is 31.0 Å². The number of pyridine rings is 2. The number of nitrogens with one attached hydrogen (secondary N) is 1. The number of aromatic nitrogens is 3. The van der Waals surface area contributed by atoms with Gasteiger partial charge in [0.1, 0.15) is 28.5 Å². The molecule has 9 heteroatoms. The standard InChI is InChI=1S/C22H22F2N4O3/c1-2-31-18-8-19-26-17(20-12-6-7-30-11-13(12)20)10-28(19)9-16(18)27-22(29)15-5-3-4-14(25-15)21(23)24/h3-5,8-10,12-13,20-21H,2,6-7,11H2,1H3,(H,27,29)/t12-,13+,20+/m0/s1. The molecule has 162 valence electrons. The van der Waals surface area contributed by atoms with Crippen molar-refractivity contribution in [3.8, 4) is 5.75 Å². The Morgan fingerprint density at radius 3 is 2.94 bits per heavy atom. The minimum Gasteiger partial charge on any atom is -0.491 e. The molecule has 0 unspecified atom stereocenters. The van der Waals surface area contributed by atoms with Crippen LogP contribution >= 0.6 is 0 Å². The lowest BCUT2D eigenvalue weighted by molar-refractivity contribution is 0.0887. The highest BCUT2D eigenvalue weighted by Gasteiger charge is 2.53. The van der Waals surface area contributed by atoms with E-state index in [4.69, 9.17) is 14.5 Å². The number of alkyl halides is 2. The van der Waals surface area contributed by atoms with Gasteiger partial charge >= 0.3 is 0 Å². The largest absolute Gasteiger partial charge is 0.491 e. The van der Waals surface area contributed by atoms with Gasteiger partial charge in [0.25, 0.3) is 12.3 Å². The first-order valence-electron chi connectivity index (χ1n) is 10.3. The van der Waals surface area contributed by atoms with Crippen LogP contribution in [0.5, 0.6) is 5.75 Å². The molecule has 0 radical (unpaired) electrons. The van der Waals surface area contributed by atoms with Crippen molar-refractivity contribution in [2.45, 2.75) is 25.7 Å². The van der Waals surface area contributed by atoms with E-state index in [1.807, 2.05) is 17.5 Å². The van der Waals surface area contributed by atoms with Crippen molar-refractivity contribution in [2.75, 3.05) is 25.1 Å². The molecule has 0 bridgehead atoms. The second-order valence-electron chi connectivity index (χ2n) is 7.84. The Kier molecular flexibility index (Phi) is 5.05. The zero-order valence-electron chi connectivity index (χ0n) is 16.9. The summed E-state index contributed by atoms with van der Waals surface area (Å²) in [4.78, 5) is 21.2. The van der Waals surface area contributed by atoms with Crippen LogP contribution in [-0.4, -0.2) is 40.1 Å². The normalized spacial score (nSPS) is 22.4. The topological polar surface area (TPSA) is 77.8 Å². The van der Waals surface area contributed by atoms with Gasteiger partial charge in [-0.05, 0) is 37.3 Å². The Bertz CT molecular complexity index is 1120. The van der Waals surface area contributed by atoms with E-state index in [0.29, 0.717) is 35.8 Å². The first-order valence-corrected chi connectivity index (χ1v) is 10.3. The molecule has 0 aromatic carbocycles. The number of fused-ring (bicyclic) bond motifs is 2. The number of amides is 1. The predicted molar refractivity (Wildman–Crippen MR) is 109 cm³/mol. The number of hydrogen-bond donors (Lipinski definition) is 1. The number of halogens is 2. The SMILES string of the molecule is CCOc1cc2nc([C@H]3[C@@H]4COCC[C@@H]43)cn2cc1NC(=O)c1cccc(C(F)F)n1. The molecule has 3 aromatic heterocycles. The molecule has 3 atom stereocenters. The Labute approximate surface area is 177 Å². The van der Waals surface area contributed by atoms with Gasteiger partial charge in [-0.1, -0.05) is 6.07 Å². The maximum Gasteiger partial charge on any atom is 0.280 e. The molecule has 1 aliphatic heterocycles. The van der Waals surface area contributed by atoms with Crippen molar-refractivity contribution in [1.29, 1.82) is 0 Å². The van der Waals surface area contributed by atoms with Crippen LogP contribution in [0.25, 0.3) is 5.65 Å². The summed E-state index contributed by atoms with van der Waals surface area (Å²) in [6, 6.07) is 5.74. The molecule has 2 aliphatic rings. The summed E-state index contributed by atoms with van der Waals surface area (Å²) in [5.74, 6) is 1.42. The second kappa shape index (κ2) is 7.88. The van der Waals surface area contributed by atoms with E-state index in [1.54, 1.807) is 12.3 Å². The van der Waals surface area contributed by atoms with Crippen LogP contribution in [0.3, 0.4) is 0 Å². The van der Waals surface area contributed by atoms with E-state index in [0.717, 1.165) is 31.0 Å². The van der Waals surface area contributed by atoms with Crippen LogP contribution in [0, 0.1) is 11.8 Å². The number of carbonyl (C=O) groups excluding carboxylic acids is 1. The zero-order valence-corrected chi connectivity index (χ0v) is 16.9. The van der Waals surface area contributed by atoms with Crippen molar-refractivity contribution in [2.24, 2.45) is 11.8 Å². The average Bonchev–Trinajstić information content (AvgIpc) is 3.37. The van der Waals surface area contributed by atoms with E-state index in [-0.39, 0.29) is 5.69 Å². The lowest BCUT2D eigenvalue weighted by Gasteiger charge is -2.12. The van der Waals surface area contributed by atoms with Crippen molar-refractivity contribution in [3.63, 3.8) is 0 Å². The summed E-state index contributed by atoms with van der Waals surface area (Å²) in [5, 5.41) is 2.73. The van der Waals surface area contributed by atoms with Gasteiger partial charge in [-0.15, -0.1) is 0 Å². The van der Waals surface area contributed by atoms with E-state index in [1.165, 1.54) is 18.2 Å². The summed E-state index contributed by atoms with van der Waals surface area (Å²) in [6.45, 7) is 3.82. The Hall–Kier alpha value is -3.07.